The van der Waals surface area contributed by atoms with Gasteiger partial charge in [-0.3, -0.25) is 9.59 Å². The van der Waals surface area contributed by atoms with Gasteiger partial charge in [-0.15, -0.1) is 0 Å². The Balaban J connectivity index is 1.84. The van der Waals surface area contributed by atoms with Crippen molar-refractivity contribution in [2.75, 3.05) is 32.8 Å². The maximum atomic E-state index is 12.8. The van der Waals surface area contributed by atoms with Gasteiger partial charge in [-0.25, -0.2) is 4.79 Å². The van der Waals surface area contributed by atoms with Gasteiger partial charge in [0.2, 0.25) is 0 Å². The summed E-state index contributed by atoms with van der Waals surface area (Å²) in [6.07, 6.45) is -3.03. The molecule has 0 unspecified atom stereocenters. The van der Waals surface area contributed by atoms with Crippen LogP contribution in [0.25, 0.3) is 0 Å². The van der Waals surface area contributed by atoms with E-state index in [1.165, 1.54) is 12.1 Å². The van der Waals surface area contributed by atoms with Gasteiger partial charge in [0, 0.05) is 25.2 Å². The van der Waals surface area contributed by atoms with Gasteiger partial charge in [0.1, 0.15) is 6.54 Å². The normalized spacial score (nSPS) is 16.8. The lowest BCUT2D eigenvalue weighted by molar-refractivity contribution is -0.142. The van der Waals surface area contributed by atoms with Crippen LogP contribution in [0.2, 0.25) is 0 Å². The third-order valence-electron chi connectivity index (χ3n) is 4.50. The summed E-state index contributed by atoms with van der Waals surface area (Å²) in [6.45, 7) is 2.80. The molecule has 1 aromatic rings. The Labute approximate surface area is 166 Å². The van der Waals surface area contributed by atoms with Crippen molar-refractivity contribution in [2.24, 2.45) is 5.92 Å². The average Bonchev–Trinajstić information content (AvgIpc) is 2.70. The summed E-state index contributed by atoms with van der Waals surface area (Å²) in [6, 6.07) is 3.83. The number of rotatable bonds is 6. The van der Waals surface area contributed by atoms with Crippen molar-refractivity contribution in [1.82, 2.24) is 15.5 Å². The predicted octanol–water partition coefficient (Wildman–Crippen LogP) is 2.42. The zero-order chi connectivity index (χ0) is 21.4. The van der Waals surface area contributed by atoms with Gasteiger partial charge in [-0.1, -0.05) is 6.07 Å². The smallest absolute Gasteiger partial charge is 0.416 e. The molecule has 3 amide bonds. The molecule has 1 aliphatic heterocycles. The molecular formula is C19H24F3N3O4. The number of nitrogens with one attached hydrogen (secondary N) is 2. The van der Waals surface area contributed by atoms with Crippen molar-refractivity contribution >= 4 is 17.9 Å². The molecule has 2 rings (SSSR count). The van der Waals surface area contributed by atoms with Crippen LogP contribution in [0.4, 0.5) is 18.0 Å². The average molecular weight is 415 g/mol. The van der Waals surface area contributed by atoms with Crippen LogP contribution in [-0.2, 0) is 15.7 Å². The highest BCUT2D eigenvalue weighted by Gasteiger charge is 2.31. The highest BCUT2D eigenvalue weighted by Crippen LogP contribution is 2.29. The van der Waals surface area contributed by atoms with E-state index in [1.807, 2.05) is 0 Å². The molecule has 1 fully saturated rings. The molecule has 1 saturated heterocycles. The molecule has 0 aliphatic carbocycles. The van der Waals surface area contributed by atoms with Crippen molar-refractivity contribution in [3.63, 3.8) is 0 Å². The summed E-state index contributed by atoms with van der Waals surface area (Å²) in [7, 11) is 0. The molecule has 10 heteroatoms. The third kappa shape index (κ3) is 6.95. The second kappa shape index (κ2) is 10.1. The Morgan fingerprint density at radius 3 is 2.69 bits per heavy atom. The SMILES string of the molecule is CCOC(=O)CNC(=O)N1CCC[C@@H](CNC(=O)c2cccc(C(F)(F)F)c2)C1. The Morgan fingerprint density at radius 2 is 2.00 bits per heavy atom. The van der Waals surface area contributed by atoms with Crippen LogP contribution in [0.5, 0.6) is 0 Å². The number of carbonyl (C=O) groups is 3. The number of amides is 3. The number of likely N-dealkylation sites (tertiary alicyclic amines) is 1. The molecule has 160 valence electrons. The molecule has 0 bridgehead atoms. The molecule has 1 atom stereocenters. The fraction of sp³-hybridized carbons (Fsp3) is 0.526. The minimum atomic E-state index is -4.52. The van der Waals surface area contributed by atoms with E-state index in [0.29, 0.717) is 13.1 Å². The number of hydrogen-bond donors (Lipinski definition) is 2. The van der Waals surface area contributed by atoms with E-state index in [9.17, 15) is 27.6 Å². The summed E-state index contributed by atoms with van der Waals surface area (Å²) >= 11 is 0. The van der Waals surface area contributed by atoms with Crippen molar-refractivity contribution in [3.05, 3.63) is 35.4 Å². The number of ether oxygens (including phenoxy) is 1. The highest BCUT2D eigenvalue weighted by molar-refractivity contribution is 5.94. The molecule has 1 aliphatic rings. The lowest BCUT2D eigenvalue weighted by Gasteiger charge is -2.32. The first-order chi connectivity index (χ1) is 13.7. The van der Waals surface area contributed by atoms with Gasteiger partial charge in [0.15, 0.2) is 0 Å². The monoisotopic (exact) mass is 415 g/mol. The van der Waals surface area contributed by atoms with E-state index < -0.39 is 29.6 Å². The number of urea groups is 1. The first kappa shape index (κ1) is 22.5. The van der Waals surface area contributed by atoms with Crippen LogP contribution in [0.3, 0.4) is 0 Å². The minimum Gasteiger partial charge on any atom is -0.465 e. The number of piperidine rings is 1. The van der Waals surface area contributed by atoms with Gasteiger partial charge in [0.05, 0.1) is 12.2 Å². The molecule has 7 nitrogen and oxygen atoms in total. The van der Waals surface area contributed by atoms with E-state index in [0.717, 1.165) is 25.0 Å². The molecule has 0 aromatic heterocycles. The second-order valence-electron chi connectivity index (χ2n) is 6.71. The molecule has 0 radical (unpaired) electrons. The number of benzene rings is 1. The van der Waals surface area contributed by atoms with Crippen molar-refractivity contribution in [2.45, 2.75) is 25.9 Å². The van der Waals surface area contributed by atoms with E-state index in [-0.39, 0.29) is 31.2 Å². The summed E-state index contributed by atoms with van der Waals surface area (Å²) in [5.74, 6) is -1.16. The van der Waals surface area contributed by atoms with E-state index in [2.05, 4.69) is 10.6 Å². The molecule has 1 aromatic carbocycles. The van der Waals surface area contributed by atoms with E-state index >= 15 is 0 Å². The number of alkyl halides is 3. The van der Waals surface area contributed by atoms with Gasteiger partial charge < -0.3 is 20.3 Å². The number of carbonyl (C=O) groups excluding carboxylic acids is 3. The van der Waals surface area contributed by atoms with Gasteiger partial charge >= 0.3 is 18.2 Å². The quantitative estimate of drug-likeness (QED) is 0.699. The number of hydrogen-bond acceptors (Lipinski definition) is 4. The van der Waals surface area contributed by atoms with Crippen molar-refractivity contribution in [1.29, 1.82) is 0 Å². The van der Waals surface area contributed by atoms with Crippen molar-refractivity contribution in [3.8, 4) is 0 Å². The summed E-state index contributed by atoms with van der Waals surface area (Å²) in [5.41, 5.74) is -0.952. The lowest BCUT2D eigenvalue weighted by Crippen LogP contribution is -2.48. The fourth-order valence-electron chi connectivity index (χ4n) is 3.06. The molecule has 0 spiro atoms. The maximum absolute atomic E-state index is 12.8. The van der Waals surface area contributed by atoms with Crippen LogP contribution in [0, 0.1) is 5.92 Å². The Bertz CT molecular complexity index is 740. The number of esters is 1. The Morgan fingerprint density at radius 1 is 1.24 bits per heavy atom. The Kier molecular flexibility index (Phi) is 7.86. The molecule has 29 heavy (non-hydrogen) atoms. The van der Waals surface area contributed by atoms with Gasteiger partial charge in [-0.2, -0.15) is 13.2 Å². The van der Waals surface area contributed by atoms with Gasteiger partial charge in [-0.05, 0) is 43.9 Å². The summed E-state index contributed by atoms with van der Waals surface area (Å²) in [5, 5.41) is 5.12. The van der Waals surface area contributed by atoms with Gasteiger partial charge in [0.25, 0.3) is 5.91 Å². The lowest BCUT2D eigenvalue weighted by atomic mass is 9.98. The third-order valence-corrected chi connectivity index (χ3v) is 4.50. The van der Waals surface area contributed by atoms with Crippen LogP contribution in [0.1, 0.15) is 35.7 Å². The zero-order valence-electron chi connectivity index (χ0n) is 16.1. The van der Waals surface area contributed by atoms with Crippen LogP contribution in [0.15, 0.2) is 24.3 Å². The van der Waals surface area contributed by atoms with Crippen molar-refractivity contribution < 1.29 is 32.3 Å². The number of nitrogens with zero attached hydrogens (tertiary/aromatic N) is 1. The maximum Gasteiger partial charge on any atom is 0.416 e. The first-order valence-electron chi connectivity index (χ1n) is 9.34. The topological polar surface area (TPSA) is 87.7 Å². The predicted molar refractivity (Wildman–Crippen MR) is 98.1 cm³/mol. The standard InChI is InChI=1S/C19H24F3N3O4/c1-2-29-16(26)11-24-18(28)25-8-4-5-13(12-25)10-23-17(27)14-6-3-7-15(9-14)19(20,21)22/h3,6-7,9,13H,2,4-5,8,10-12H2,1H3,(H,23,27)(H,24,28)/t13-/m0/s1. The number of halogens is 3. The molecule has 0 saturated carbocycles. The second-order valence-corrected chi connectivity index (χ2v) is 6.71. The van der Waals surface area contributed by atoms with Crippen LogP contribution >= 0.6 is 0 Å². The first-order valence-corrected chi connectivity index (χ1v) is 9.34. The highest BCUT2D eigenvalue weighted by atomic mass is 19.4. The van der Waals surface area contributed by atoms with E-state index in [4.69, 9.17) is 4.74 Å². The van der Waals surface area contributed by atoms with Crippen LogP contribution < -0.4 is 10.6 Å². The van der Waals surface area contributed by atoms with E-state index in [1.54, 1.807) is 11.8 Å². The minimum absolute atomic E-state index is 0.0353. The molecule has 1 heterocycles. The largest absolute Gasteiger partial charge is 0.465 e. The zero-order valence-corrected chi connectivity index (χ0v) is 16.1. The molecular weight excluding hydrogens is 391 g/mol. The summed E-state index contributed by atoms with van der Waals surface area (Å²) in [4.78, 5) is 37.2. The summed E-state index contributed by atoms with van der Waals surface area (Å²) < 4.78 is 43.1. The molecule has 2 N–H and O–H groups in total. The van der Waals surface area contributed by atoms with Crippen LogP contribution in [-0.4, -0.2) is 55.6 Å². The Hall–Kier alpha value is -2.78. The fourth-order valence-corrected chi connectivity index (χ4v) is 3.06.